The van der Waals surface area contributed by atoms with E-state index in [0.717, 1.165) is 23.1 Å². The van der Waals surface area contributed by atoms with E-state index in [4.69, 9.17) is 4.52 Å². The topological polar surface area (TPSA) is 46.3 Å². The van der Waals surface area contributed by atoms with Gasteiger partial charge in [-0.05, 0) is 24.6 Å². The number of amides is 1. The van der Waals surface area contributed by atoms with Gasteiger partial charge in [-0.25, -0.2) is 4.39 Å². The molecule has 134 valence electrons. The molecule has 1 amide bonds. The van der Waals surface area contributed by atoms with E-state index in [1.54, 1.807) is 17.8 Å². The predicted molar refractivity (Wildman–Crippen MR) is 101 cm³/mol. The third-order valence-electron chi connectivity index (χ3n) is 4.72. The van der Waals surface area contributed by atoms with Crippen LogP contribution < -0.4 is 0 Å². The van der Waals surface area contributed by atoms with Crippen LogP contribution in [0.5, 0.6) is 0 Å². The average molecular weight is 370 g/mol. The van der Waals surface area contributed by atoms with Gasteiger partial charge in [0.2, 0.25) is 5.91 Å². The Hall–Kier alpha value is -2.34. The highest BCUT2D eigenvalue weighted by atomic mass is 32.2. The zero-order chi connectivity index (χ0) is 17.9. The summed E-state index contributed by atoms with van der Waals surface area (Å²) in [4.78, 5) is 14.6. The molecule has 0 spiro atoms. The molecule has 0 N–H and O–H groups in total. The highest BCUT2D eigenvalue weighted by Gasteiger charge is 2.24. The Kier molecular flexibility index (Phi) is 4.93. The second-order valence-corrected chi connectivity index (χ2v) is 7.66. The van der Waals surface area contributed by atoms with Gasteiger partial charge < -0.3 is 9.42 Å². The van der Waals surface area contributed by atoms with E-state index >= 15 is 0 Å². The Morgan fingerprint density at radius 3 is 2.88 bits per heavy atom. The third kappa shape index (κ3) is 3.46. The average Bonchev–Trinajstić information content (AvgIpc) is 2.90. The minimum absolute atomic E-state index is 0.0406. The fraction of sp³-hybridized carbons (Fsp3) is 0.300. The van der Waals surface area contributed by atoms with Crippen LogP contribution in [0.25, 0.3) is 11.0 Å². The van der Waals surface area contributed by atoms with Crippen LogP contribution in [0.2, 0.25) is 0 Å². The van der Waals surface area contributed by atoms with Crippen molar-refractivity contribution in [2.24, 2.45) is 0 Å². The maximum Gasteiger partial charge on any atom is 0.228 e. The van der Waals surface area contributed by atoms with E-state index in [-0.39, 0.29) is 23.4 Å². The Bertz CT molecular complexity index is 927. The van der Waals surface area contributed by atoms with Crippen LogP contribution >= 0.6 is 11.8 Å². The minimum atomic E-state index is -0.168. The normalized spacial score (nSPS) is 18.0. The van der Waals surface area contributed by atoms with Crippen molar-refractivity contribution in [1.29, 1.82) is 0 Å². The molecule has 6 heteroatoms. The molecular formula is C20H19FN2O2S. The standard InChI is InChI=1S/C20H19FN2O2S/c21-16-7-3-1-5-14(16)19-9-10-23(11-12-26-19)20(24)13-17-15-6-2-4-8-18(15)25-22-17/h1-8,19H,9-13H2. The lowest BCUT2D eigenvalue weighted by atomic mass is 10.1. The first kappa shape index (κ1) is 17.1. The monoisotopic (exact) mass is 370 g/mol. The largest absolute Gasteiger partial charge is 0.356 e. The number of hydrogen-bond donors (Lipinski definition) is 0. The summed E-state index contributed by atoms with van der Waals surface area (Å²) in [7, 11) is 0. The summed E-state index contributed by atoms with van der Waals surface area (Å²) in [6.45, 7) is 1.30. The minimum Gasteiger partial charge on any atom is -0.356 e. The molecule has 3 aromatic rings. The van der Waals surface area contributed by atoms with Crippen molar-refractivity contribution < 1.29 is 13.7 Å². The number of nitrogens with zero attached hydrogens (tertiary/aromatic N) is 2. The van der Waals surface area contributed by atoms with Gasteiger partial charge in [0.25, 0.3) is 0 Å². The Labute approximate surface area is 155 Å². The first-order valence-electron chi connectivity index (χ1n) is 8.69. The molecule has 1 aromatic heterocycles. The Balaban J connectivity index is 1.44. The van der Waals surface area contributed by atoms with E-state index < -0.39 is 0 Å². The summed E-state index contributed by atoms with van der Waals surface area (Å²) >= 11 is 1.71. The van der Waals surface area contributed by atoms with Gasteiger partial charge in [0.1, 0.15) is 11.5 Å². The zero-order valence-corrected chi connectivity index (χ0v) is 15.0. The summed E-state index contributed by atoms with van der Waals surface area (Å²) in [6.07, 6.45) is 0.975. The molecule has 2 aromatic carbocycles. The zero-order valence-electron chi connectivity index (χ0n) is 14.2. The molecule has 1 aliphatic rings. The molecule has 0 bridgehead atoms. The number of carbonyl (C=O) groups excluding carboxylic acids is 1. The van der Waals surface area contributed by atoms with Crippen molar-refractivity contribution in [3.63, 3.8) is 0 Å². The number of thioether (sulfide) groups is 1. The van der Waals surface area contributed by atoms with Gasteiger partial charge in [-0.15, -0.1) is 0 Å². The van der Waals surface area contributed by atoms with Gasteiger partial charge in [-0.3, -0.25) is 4.79 Å². The van der Waals surface area contributed by atoms with E-state index in [2.05, 4.69) is 5.16 Å². The maximum absolute atomic E-state index is 14.1. The number of benzene rings is 2. The van der Waals surface area contributed by atoms with Crippen LogP contribution in [0.1, 0.15) is 22.9 Å². The van der Waals surface area contributed by atoms with E-state index in [1.165, 1.54) is 6.07 Å². The molecule has 0 aliphatic carbocycles. The van der Waals surface area contributed by atoms with Gasteiger partial charge >= 0.3 is 0 Å². The van der Waals surface area contributed by atoms with Crippen molar-refractivity contribution >= 4 is 28.6 Å². The van der Waals surface area contributed by atoms with Crippen LogP contribution in [0.4, 0.5) is 4.39 Å². The number of para-hydroxylation sites is 1. The number of carbonyl (C=O) groups is 1. The molecule has 0 radical (unpaired) electrons. The number of hydrogen-bond acceptors (Lipinski definition) is 4. The predicted octanol–water partition coefficient (Wildman–Crippen LogP) is 4.22. The summed E-state index contributed by atoms with van der Waals surface area (Å²) in [5, 5.41) is 5.02. The molecule has 1 aliphatic heterocycles. The number of fused-ring (bicyclic) bond motifs is 1. The van der Waals surface area contributed by atoms with Crippen LogP contribution in [-0.4, -0.2) is 34.8 Å². The van der Waals surface area contributed by atoms with Crippen molar-refractivity contribution in [2.75, 3.05) is 18.8 Å². The second-order valence-electron chi connectivity index (χ2n) is 6.35. The number of rotatable bonds is 3. The van der Waals surface area contributed by atoms with Crippen LogP contribution in [0.3, 0.4) is 0 Å². The van der Waals surface area contributed by atoms with Gasteiger partial charge in [-0.2, -0.15) is 11.8 Å². The molecule has 1 atom stereocenters. The number of aromatic nitrogens is 1. The summed E-state index contributed by atoms with van der Waals surface area (Å²) in [5.41, 5.74) is 2.10. The van der Waals surface area contributed by atoms with E-state index in [0.29, 0.717) is 24.4 Å². The molecule has 0 saturated carbocycles. The molecule has 1 fully saturated rings. The summed E-state index contributed by atoms with van der Waals surface area (Å²) in [5.74, 6) is 0.669. The highest BCUT2D eigenvalue weighted by molar-refractivity contribution is 7.99. The summed E-state index contributed by atoms with van der Waals surface area (Å²) < 4.78 is 19.3. The van der Waals surface area contributed by atoms with Gasteiger partial charge in [0, 0.05) is 35.0 Å². The van der Waals surface area contributed by atoms with E-state index in [1.807, 2.05) is 41.3 Å². The second kappa shape index (κ2) is 7.50. The fourth-order valence-corrected chi connectivity index (χ4v) is 4.58. The van der Waals surface area contributed by atoms with E-state index in [9.17, 15) is 9.18 Å². The first-order chi connectivity index (χ1) is 12.7. The Morgan fingerprint density at radius 2 is 2.00 bits per heavy atom. The molecule has 1 saturated heterocycles. The fourth-order valence-electron chi connectivity index (χ4n) is 3.32. The van der Waals surface area contributed by atoms with Crippen molar-refractivity contribution in [2.45, 2.75) is 18.1 Å². The van der Waals surface area contributed by atoms with Crippen LogP contribution in [0.15, 0.2) is 53.1 Å². The van der Waals surface area contributed by atoms with Crippen LogP contribution in [-0.2, 0) is 11.2 Å². The lowest BCUT2D eigenvalue weighted by Crippen LogP contribution is -2.34. The first-order valence-corrected chi connectivity index (χ1v) is 9.74. The van der Waals surface area contributed by atoms with Gasteiger partial charge in [-0.1, -0.05) is 35.5 Å². The van der Waals surface area contributed by atoms with Gasteiger partial charge in [0.05, 0.1) is 6.42 Å². The maximum atomic E-state index is 14.1. The molecule has 1 unspecified atom stereocenters. The van der Waals surface area contributed by atoms with Crippen molar-refractivity contribution in [3.8, 4) is 0 Å². The van der Waals surface area contributed by atoms with Gasteiger partial charge in [0.15, 0.2) is 5.58 Å². The smallest absolute Gasteiger partial charge is 0.228 e. The molecular weight excluding hydrogens is 351 g/mol. The Morgan fingerprint density at radius 1 is 1.19 bits per heavy atom. The third-order valence-corrected chi connectivity index (χ3v) is 6.03. The molecule has 4 nitrogen and oxygen atoms in total. The molecule has 2 heterocycles. The quantitative estimate of drug-likeness (QED) is 0.693. The summed E-state index contributed by atoms with van der Waals surface area (Å²) in [6, 6.07) is 14.5. The highest BCUT2D eigenvalue weighted by Crippen LogP contribution is 2.35. The van der Waals surface area contributed by atoms with Crippen molar-refractivity contribution in [3.05, 3.63) is 65.6 Å². The lowest BCUT2D eigenvalue weighted by molar-refractivity contribution is -0.130. The molecule has 26 heavy (non-hydrogen) atoms. The molecule has 4 rings (SSSR count). The lowest BCUT2D eigenvalue weighted by Gasteiger charge is -2.20. The van der Waals surface area contributed by atoms with Crippen LogP contribution in [0, 0.1) is 5.82 Å². The van der Waals surface area contributed by atoms with Crippen molar-refractivity contribution in [1.82, 2.24) is 10.1 Å². The SMILES string of the molecule is O=C(Cc1noc2ccccc12)N1CCSC(c2ccccc2F)CC1. The number of halogens is 1.